The van der Waals surface area contributed by atoms with E-state index >= 15 is 0 Å². The van der Waals surface area contributed by atoms with Crippen LogP contribution < -0.4 is 10.6 Å². The van der Waals surface area contributed by atoms with E-state index in [0.717, 1.165) is 22.0 Å². The third-order valence-corrected chi connectivity index (χ3v) is 3.64. The van der Waals surface area contributed by atoms with Crippen LogP contribution in [0.25, 0.3) is 11.3 Å². The molecule has 1 amide bonds. The zero-order chi connectivity index (χ0) is 15.5. The minimum absolute atomic E-state index is 0.0397. The first-order valence-electron chi connectivity index (χ1n) is 6.91. The SMILES string of the molecule is Cc1nc(-c2ccc(NC(=O)CNC(C)(C)C)cc2)cs1. The summed E-state index contributed by atoms with van der Waals surface area (Å²) in [7, 11) is 0. The molecular formula is C16H21N3OS. The van der Waals surface area contributed by atoms with Crippen molar-refractivity contribution in [3.8, 4) is 11.3 Å². The second-order valence-electron chi connectivity index (χ2n) is 5.98. The van der Waals surface area contributed by atoms with Gasteiger partial charge < -0.3 is 10.6 Å². The zero-order valence-electron chi connectivity index (χ0n) is 12.9. The lowest BCUT2D eigenvalue weighted by Crippen LogP contribution is -2.41. The van der Waals surface area contributed by atoms with Crippen molar-refractivity contribution >= 4 is 22.9 Å². The third-order valence-electron chi connectivity index (χ3n) is 2.86. The molecule has 4 nitrogen and oxygen atoms in total. The van der Waals surface area contributed by atoms with Crippen molar-refractivity contribution in [2.45, 2.75) is 33.2 Å². The summed E-state index contributed by atoms with van der Waals surface area (Å²) in [5, 5.41) is 9.13. The molecule has 0 aliphatic heterocycles. The standard InChI is InChI=1S/C16H21N3OS/c1-11-18-14(10-21-11)12-5-7-13(8-6-12)19-15(20)9-17-16(2,3)4/h5-8,10,17H,9H2,1-4H3,(H,19,20). The molecule has 0 saturated heterocycles. The number of aromatic nitrogens is 1. The highest BCUT2D eigenvalue weighted by Gasteiger charge is 2.11. The van der Waals surface area contributed by atoms with Gasteiger partial charge in [0.25, 0.3) is 0 Å². The molecule has 0 aliphatic carbocycles. The van der Waals surface area contributed by atoms with Gasteiger partial charge in [0.1, 0.15) is 0 Å². The number of carbonyl (C=O) groups is 1. The summed E-state index contributed by atoms with van der Waals surface area (Å²) >= 11 is 1.63. The summed E-state index contributed by atoms with van der Waals surface area (Å²) in [6.45, 7) is 8.39. The Hall–Kier alpha value is -1.72. The fourth-order valence-electron chi connectivity index (χ4n) is 1.77. The molecule has 0 unspecified atom stereocenters. The number of hydrogen-bond acceptors (Lipinski definition) is 4. The topological polar surface area (TPSA) is 54.0 Å². The number of rotatable bonds is 4. The lowest BCUT2D eigenvalue weighted by atomic mass is 10.1. The van der Waals surface area contributed by atoms with Crippen LogP contribution in [0, 0.1) is 6.92 Å². The van der Waals surface area contributed by atoms with Gasteiger partial charge in [-0.2, -0.15) is 0 Å². The van der Waals surface area contributed by atoms with E-state index in [0.29, 0.717) is 6.54 Å². The average molecular weight is 303 g/mol. The molecule has 2 N–H and O–H groups in total. The van der Waals surface area contributed by atoms with Crippen molar-refractivity contribution in [1.82, 2.24) is 10.3 Å². The van der Waals surface area contributed by atoms with Crippen LogP contribution in [0.3, 0.4) is 0 Å². The smallest absolute Gasteiger partial charge is 0.238 e. The van der Waals surface area contributed by atoms with Gasteiger partial charge in [-0.15, -0.1) is 11.3 Å². The van der Waals surface area contributed by atoms with E-state index < -0.39 is 0 Å². The number of amides is 1. The highest BCUT2D eigenvalue weighted by Crippen LogP contribution is 2.22. The van der Waals surface area contributed by atoms with E-state index in [1.54, 1.807) is 11.3 Å². The number of hydrogen-bond donors (Lipinski definition) is 2. The molecular weight excluding hydrogens is 282 g/mol. The van der Waals surface area contributed by atoms with Crippen LogP contribution in [0.4, 0.5) is 5.69 Å². The summed E-state index contributed by atoms with van der Waals surface area (Å²) in [5.41, 5.74) is 2.77. The molecule has 1 aromatic heterocycles. The number of nitrogens with one attached hydrogen (secondary N) is 2. The minimum atomic E-state index is -0.0658. The van der Waals surface area contributed by atoms with Crippen LogP contribution in [0.1, 0.15) is 25.8 Å². The fraction of sp³-hybridized carbons (Fsp3) is 0.375. The van der Waals surface area contributed by atoms with E-state index in [1.165, 1.54) is 0 Å². The van der Waals surface area contributed by atoms with E-state index in [9.17, 15) is 4.79 Å². The van der Waals surface area contributed by atoms with Gasteiger partial charge in [0.2, 0.25) is 5.91 Å². The van der Waals surface area contributed by atoms with Crippen LogP contribution in [-0.4, -0.2) is 23.0 Å². The maximum atomic E-state index is 11.8. The minimum Gasteiger partial charge on any atom is -0.325 e. The molecule has 5 heteroatoms. The average Bonchev–Trinajstić information content (AvgIpc) is 2.83. The monoisotopic (exact) mass is 303 g/mol. The molecule has 2 rings (SSSR count). The predicted octanol–water partition coefficient (Wildman–Crippen LogP) is 3.45. The maximum absolute atomic E-state index is 11.8. The Morgan fingerprint density at radius 2 is 1.90 bits per heavy atom. The summed E-state index contributed by atoms with van der Waals surface area (Å²) in [5.74, 6) is -0.0397. The molecule has 21 heavy (non-hydrogen) atoms. The summed E-state index contributed by atoms with van der Waals surface area (Å²) < 4.78 is 0. The predicted molar refractivity (Wildman–Crippen MR) is 88.7 cm³/mol. The van der Waals surface area contributed by atoms with E-state index in [4.69, 9.17) is 0 Å². The summed E-state index contributed by atoms with van der Waals surface area (Å²) in [6, 6.07) is 7.75. The van der Waals surface area contributed by atoms with E-state index in [-0.39, 0.29) is 11.4 Å². The van der Waals surface area contributed by atoms with Crippen molar-refractivity contribution < 1.29 is 4.79 Å². The first-order valence-corrected chi connectivity index (χ1v) is 7.79. The van der Waals surface area contributed by atoms with E-state index in [1.807, 2.05) is 57.3 Å². The highest BCUT2D eigenvalue weighted by atomic mass is 32.1. The lowest BCUT2D eigenvalue weighted by Gasteiger charge is -2.20. The summed E-state index contributed by atoms with van der Waals surface area (Å²) in [6.07, 6.45) is 0. The molecule has 0 bridgehead atoms. The van der Waals surface area contributed by atoms with Gasteiger partial charge in [0.05, 0.1) is 17.2 Å². The molecule has 0 aliphatic rings. The fourth-order valence-corrected chi connectivity index (χ4v) is 2.39. The van der Waals surface area contributed by atoms with Crippen molar-refractivity contribution in [1.29, 1.82) is 0 Å². The Bertz CT molecular complexity index is 611. The van der Waals surface area contributed by atoms with Crippen LogP contribution in [0.2, 0.25) is 0 Å². The Morgan fingerprint density at radius 1 is 1.24 bits per heavy atom. The number of aryl methyl sites for hydroxylation is 1. The van der Waals surface area contributed by atoms with Gasteiger partial charge in [0, 0.05) is 22.2 Å². The van der Waals surface area contributed by atoms with Gasteiger partial charge in [-0.1, -0.05) is 12.1 Å². The number of benzene rings is 1. The lowest BCUT2D eigenvalue weighted by molar-refractivity contribution is -0.115. The second kappa shape index (κ2) is 6.37. The van der Waals surface area contributed by atoms with Crippen LogP contribution in [0.5, 0.6) is 0 Å². The largest absolute Gasteiger partial charge is 0.325 e. The quantitative estimate of drug-likeness (QED) is 0.909. The molecule has 1 heterocycles. The summed E-state index contributed by atoms with van der Waals surface area (Å²) in [4.78, 5) is 16.3. The molecule has 1 aromatic carbocycles. The normalized spacial score (nSPS) is 11.4. The van der Waals surface area contributed by atoms with Crippen LogP contribution >= 0.6 is 11.3 Å². The molecule has 2 aromatic rings. The second-order valence-corrected chi connectivity index (χ2v) is 7.04. The Morgan fingerprint density at radius 3 is 2.43 bits per heavy atom. The van der Waals surface area contributed by atoms with Crippen molar-refractivity contribution in [2.75, 3.05) is 11.9 Å². The third kappa shape index (κ3) is 4.95. The van der Waals surface area contributed by atoms with Crippen molar-refractivity contribution in [2.24, 2.45) is 0 Å². The molecule has 0 atom stereocenters. The van der Waals surface area contributed by atoms with Crippen molar-refractivity contribution in [3.63, 3.8) is 0 Å². The maximum Gasteiger partial charge on any atom is 0.238 e. The Labute approximate surface area is 129 Å². The molecule has 112 valence electrons. The van der Waals surface area contributed by atoms with Gasteiger partial charge in [0.15, 0.2) is 0 Å². The van der Waals surface area contributed by atoms with E-state index in [2.05, 4.69) is 15.6 Å². The molecule has 0 saturated carbocycles. The van der Waals surface area contributed by atoms with Gasteiger partial charge >= 0.3 is 0 Å². The Kier molecular flexibility index (Phi) is 4.75. The van der Waals surface area contributed by atoms with Gasteiger partial charge in [-0.25, -0.2) is 4.98 Å². The Balaban J connectivity index is 1.95. The zero-order valence-corrected chi connectivity index (χ0v) is 13.7. The van der Waals surface area contributed by atoms with Crippen LogP contribution in [0.15, 0.2) is 29.6 Å². The van der Waals surface area contributed by atoms with Crippen molar-refractivity contribution in [3.05, 3.63) is 34.7 Å². The van der Waals surface area contributed by atoms with Gasteiger partial charge in [-0.3, -0.25) is 4.79 Å². The highest BCUT2D eigenvalue weighted by molar-refractivity contribution is 7.09. The number of anilines is 1. The first-order chi connectivity index (χ1) is 9.83. The molecule has 0 fully saturated rings. The first kappa shape index (κ1) is 15.7. The molecule has 0 radical (unpaired) electrons. The van der Waals surface area contributed by atoms with Gasteiger partial charge in [-0.05, 0) is 39.8 Å². The van der Waals surface area contributed by atoms with Crippen LogP contribution in [-0.2, 0) is 4.79 Å². The number of carbonyl (C=O) groups excluding carboxylic acids is 1. The molecule has 0 spiro atoms. The number of thiazole rings is 1. The number of nitrogens with zero attached hydrogens (tertiary/aromatic N) is 1.